The molecule has 0 atom stereocenters. The van der Waals surface area contributed by atoms with Crippen LogP contribution in [-0.2, 0) is 0 Å². The lowest BCUT2D eigenvalue weighted by atomic mass is 9.95. The van der Waals surface area contributed by atoms with Crippen LogP contribution >= 0.6 is 0 Å². The molecule has 0 saturated heterocycles. The summed E-state index contributed by atoms with van der Waals surface area (Å²) in [5, 5.41) is 14.8. The molecule has 1 aromatic rings. The van der Waals surface area contributed by atoms with Gasteiger partial charge in [-0.05, 0) is 36.6 Å². The van der Waals surface area contributed by atoms with Crippen LogP contribution in [0.2, 0.25) is 0 Å². The van der Waals surface area contributed by atoms with Crippen molar-refractivity contribution in [2.45, 2.75) is 13.3 Å². The van der Waals surface area contributed by atoms with Gasteiger partial charge in [-0.3, -0.25) is 10.1 Å². The first-order valence-corrected chi connectivity index (χ1v) is 5.25. The van der Waals surface area contributed by atoms with Crippen molar-refractivity contribution in [2.75, 3.05) is 13.1 Å². The molecule has 4 heteroatoms. The lowest BCUT2D eigenvalue weighted by molar-refractivity contribution is -0.384. The molecule has 0 bridgehead atoms. The highest BCUT2D eigenvalue weighted by Crippen LogP contribution is 2.26. The van der Waals surface area contributed by atoms with Crippen LogP contribution in [-0.4, -0.2) is 18.0 Å². The third kappa shape index (κ3) is 2.12. The molecule has 1 radical (unpaired) electrons. The number of nitro groups is 1. The first-order valence-electron chi connectivity index (χ1n) is 5.25. The Morgan fingerprint density at radius 3 is 2.56 bits per heavy atom. The van der Waals surface area contributed by atoms with E-state index >= 15 is 0 Å². The van der Waals surface area contributed by atoms with E-state index in [0.29, 0.717) is 0 Å². The molecule has 2 rings (SSSR count). The van der Waals surface area contributed by atoms with E-state index in [-0.39, 0.29) is 10.6 Å². The van der Waals surface area contributed by atoms with Crippen LogP contribution in [0.1, 0.15) is 18.9 Å². The number of rotatable bonds is 2. The van der Waals surface area contributed by atoms with E-state index in [0.717, 1.165) is 25.1 Å². The van der Waals surface area contributed by atoms with E-state index in [9.17, 15) is 10.1 Å². The zero-order chi connectivity index (χ0) is 11.5. The molecule has 0 fully saturated rings. The summed E-state index contributed by atoms with van der Waals surface area (Å²) in [7, 11) is 0. The highest BCUT2D eigenvalue weighted by atomic mass is 16.6. The molecule has 4 nitrogen and oxygen atoms in total. The van der Waals surface area contributed by atoms with Gasteiger partial charge < -0.3 is 0 Å². The summed E-state index contributed by atoms with van der Waals surface area (Å²) in [6.07, 6.45) is 0.934. The predicted molar refractivity (Wildman–Crippen MR) is 62.2 cm³/mol. The highest BCUT2D eigenvalue weighted by Gasteiger charge is 2.12. The Kier molecular flexibility index (Phi) is 3.01. The summed E-state index contributed by atoms with van der Waals surface area (Å²) < 4.78 is 0. The summed E-state index contributed by atoms with van der Waals surface area (Å²) in [4.78, 5) is 10.2. The van der Waals surface area contributed by atoms with Crippen LogP contribution in [0.4, 0.5) is 5.69 Å². The summed E-state index contributed by atoms with van der Waals surface area (Å²) in [6, 6.07) is 6.76. The van der Waals surface area contributed by atoms with Gasteiger partial charge in [-0.25, -0.2) is 5.32 Å². The normalized spacial score (nSPS) is 16.3. The Labute approximate surface area is 94.1 Å². The summed E-state index contributed by atoms with van der Waals surface area (Å²) >= 11 is 0. The van der Waals surface area contributed by atoms with Crippen molar-refractivity contribution in [1.82, 2.24) is 5.32 Å². The quantitative estimate of drug-likeness (QED) is 0.564. The van der Waals surface area contributed by atoms with E-state index < -0.39 is 0 Å². The maximum atomic E-state index is 10.5. The smallest absolute Gasteiger partial charge is 0.258 e. The molecule has 16 heavy (non-hydrogen) atoms. The standard InChI is InChI=1S/C12H13N2O2/c1-9-8-13-7-6-12(9)10-2-4-11(5-3-10)14(15)16/h2-5H,6-8H2,1H3. The van der Waals surface area contributed by atoms with Crippen LogP contribution < -0.4 is 5.32 Å². The summed E-state index contributed by atoms with van der Waals surface area (Å²) in [6.45, 7) is 3.70. The van der Waals surface area contributed by atoms with Gasteiger partial charge in [0.1, 0.15) is 0 Å². The maximum absolute atomic E-state index is 10.5. The molecule has 1 aliphatic heterocycles. The van der Waals surface area contributed by atoms with Crippen molar-refractivity contribution in [3.05, 3.63) is 45.5 Å². The van der Waals surface area contributed by atoms with Gasteiger partial charge in [0, 0.05) is 25.2 Å². The minimum Gasteiger partial charge on any atom is -0.258 e. The molecule has 0 aliphatic carbocycles. The van der Waals surface area contributed by atoms with E-state index in [1.165, 1.54) is 11.1 Å². The third-order valence-corrected chi connectivity index (χ3v) is 2.81. The van der Waals surface area contributed by atoms with Crippen molar-refractivity contribution in [3.8, 4) is 0 Å². The highest BCUT2D eigenvalue weighted by molar-refractivity contribution is 5.70. The molecule has 0 saturated carbocycles. The second-order valence-corrected chi connectivity index (χ2v) is 3.92. The van der Waals surface area contributed by atoms with Crippen LogP contribution in [0.25, 0.3) is 5.57 Å². The fourth-order valence-electron chi connectivity index (χ4n) is 1.92. The molecule has 0 spiro atoms. The molecule has 1 aliphatic rings. The predicted octanol–water partition coefficient (Wildman–Crippen LogP) is 2.38. The van der Waals surface area contributed by atoms with Gasteiger partial charge in [-0.1, -0.05) is 5.57 Å². The number of nitrogens with zero attached hydrogens (tertiary/aromatic N) is 2. The van der Waals surface area contributed by atoms with Crippen molar-refractivity contribution in [2.24, 2.45) is 0 Å². The average Bonchev–Trinajstić information content (AvgIpc) is 2.30. The van der Waals surface area contributed by atoms with Crippen molar-refractivity contribution < 1.29 is 4.92 Å². The fraction of sp³-hybridized carbons (Fsp3) is 0.333. The van der Waals surface area contributed by atoms with Gasteiger partial charge in [0.15, 0.2) is 0 Å². The van der Waals surface area contributed by atoms with Gasteiger partial charge in [0.2, 0.25) is 0 Å². The zero-order valence-corrected chi connectivity index (χ0v) is 9.14. The Bertz CT molecular complexity index is 435. The molecule has 0 unspecified atom stereocenters. The van der Waals surface area contributed by atoms with E-state index in [1.807, 2.05) is 12.1 Å². The molecular formula is C12H13N2O2. The van der Waals surface area contributed by atoms with Gasteiger partial charge in [-0.15, -0.1) is 0 Å². The Hall–Kier alpha value is -1.68. The van der Waals surface area contributed by atoms with Gasteiger partial charge >= 0.3 is 0 Å². The second kappa shape index (κ2) is 4.45. The Balaban J connectivity index is 2.31. The number of benzene rings is 1. The van der Waals surface area contributed by atoms with Crippen molar-refractivity contribution in [1.29, 1.82) is 0 Å². The lowest BCUT2D eigenvalue weighted by Crippen LogP contribution is -2.16. The summed E-state index contributed by atoms with van der Waals surface area (Å²) in [5.74, 6) is 0. The van der Waals surface area contributed by atoms with Crippen LogP contribution in [0, 0.1) is 10.1 Å². The fourth-order valence-corrected chi connectivity index (χ4v) is 1.92. The Morgan fingerprint density at radius 1 is 1.31 bits per heavy atom. The second-order valence-electron chi connectivity index (χ2n) is 3.92. The number of hydrogen-bond donors (Lipinski definition) is 0. The SMILES string of the molecule is CC1=C(c2ccc([N+](=O)[O-])cc2)CC[N]C1. The number of nitro benzene ring substituents is 1. The van der Waals surface area contributed by atoms with E-state index in [1.54, 1.807) is 12.1 Å². The molecule has 1 heterocycles. The van der Waals surface area contributed by atoms with Crippen LogP contribution in [0.5, 0.6) is 0 Å². The third-order valence-electron chi connectivity index (χ3n) is 2.81. The minimum atomic E-state index is -0.374. The summed E-state index contributed by atoms with van der Waals surface area (Å²) in [5.41, 5.74) is 3.77. The molecular weight excluding hydrogens is 204 g/mol. The lowest BCUT2D eigenvalue weighted by Gasteiger charge is -2.17. The van der Waals surface area contributed by atoms with Gasteiger partial charge in [0.25, 0.3) is 5.69 Å². The van der Waals surface area contributed by atoms with Crippen LogP contribution in [0.3, 0.4) is 0 Å². The molecule has 0 amide bonds. The first kappa shape index (κ1) is 10.8. The van der Waals surface area contributed by atoms with E-state index in [4.69, 9.17) is 0 Å². The Morgan fingerprint density at radius 2 is 2.00 bits per heavy atom. The molecule has 0 aromatic heterocycles. The molecule has 1 aromatic carbocycles. The zero-order valence-electron chi connectivity index (χ0n) is 9.14. The number of hydrogen-bond acceptors (Lipinski definition) is 2. The number of non-ortho nitro benzene ring substituents is 1. The monoisotopic (exact) mass is 217 g/mol. The van der Waals surface area contributed by atoms with Gasteiger partial charge in [0.05, 0.1) is 4.92 Å². The largest absolute Gasteiger partial charge is 0.269 e. The van der Waals surface area contributed by atoms with Gasteiger partial charge in [-0.2, -0.15) is 0 Å². The maximum Gasteiger partial charge on any atom is 0.269 e. The molecule has 0 N–H and O–H groups in total. The van der Waals surface area contributed by atoms with Crippen molar-refractivity contribution >= 4 is 11.3 Å². The minimum absolute atomic E-state index is 0.141. The topological polar surface area (TPSA) is 57.2 Å². The first-order chi connectivity index (χ1) is 7.68. The van der Waals surface area contributed by atoms with E-state index in [2.05, 4.69) is 12.2 Å². The average molecular weight is 217 g/mol. The van der Waals surface area contributed by atoms with Crippen LogP contribution in [0.15, 0.2) is 29.8 Å². The van der Waals surface area contributed by atoms with Crippen molar-refractivity contribution in [3.63, 3.8) is 0 Å². The molecule has 83 valence electrons.